The minimum atomic E-state index is 0.478. The predicted molar refractivity (Wildman–Crippen MR) is 111 cm³/mol. The second kappa shape index (κ2) is 6.20. The molecule has 0 spiro atoms. The number of hydrogen-bond donors (Lipinski definition) is 0. The summed E-state index contributed by atoms with van der Waals surface area (Å²) >= 11 is 0. The minimum Gasteiger partial charge on any atom is -0.375 e. The molecule has 1 aliphatic carbocycles. The minimum absolute atomic E-state index is 0.478. The molecule has 0 saturated carbocycles. The average molecular weight is 354 g/mol. The summed E-state index contributed by atoms with van der Waals surface area (Å²) in [6, 6.07) is 21.0. The molecule has 3 nitrogen and oxygen atoms in total. The Labute approximate surface area is 159 Å². The van der Waals surface area contributed by atoms with E-state index in [9.17, 15) is 0 Å². The van der Waals surface area contributed by atoms with Crippen LogP contribution in [-0.4, -0.2) is 9.30 Å². The molecule has 2 heterocycles. The van der Waals surface area contributed by atoms with Gasteiger partial charge in [-0.2, -0.15) is 4.73 Å². The highest BCUT2D eigenvalue weighted by atomic mass is 16.7. The van der Waals surface area contributed by atoms with Crippen molar-refractivity contribution in [3.05, 3.63) is 89.9 Å². The van der Waals surface area contributed by atoms with Gasteiger partial charge in [0.05, 0.1) is 5.69 Å². The third-order valence-corrected chi connectivity index (χ3v) is 5.49. The van der Waals surface area contributed by atoms with E-state index in [1.54, 1.807) is 0 Å². The van der Waals surface area contributed by atoms with Gasteiger partial charge < -0.3 is 9.40 Å². The first-order chi connectivity index (χ1) is 13.2. The number of rotatable bonds is 3. The van der Waals surface area contributed by atoms with Crippen LogP contribution in [0, 0.1) is 5.92 Å². The number of para-hydroxylation sites is 1. The maximum absolute atomic E-state index is 6.08. The van der Waals surface area contributed by atoms with Crippen molar-refractivity contribution in [3.8, 4) is 5.75 Å². The zero-order chi connectivity index (χ0) is 18.4. The van der Waals surface area contributed by atoms with Gasteiger partial charge >= 0.3 is 0 Å². The Balaban J connectivity index is 1.56. The van der Waals surface area contributed by atoms with E-state index in [1.165, 1.54) is 27.6 Å². The molecule has 0 bridgehead atoms. The van der Waals surface area contributed by atoms with E-state index in [-0.39, 0.29) is 0 Å². The van der Waals surface area contributed by atoms with Gasteiger partial charge in [-0.25, -0.2) is 0 Å². The van der Waals surface area contributed by atoms with Crippen molar-refractivity contribution >= 4 is 22.6 Å². The first kappa shape index (κ1) is 16.0. The second-order valence-electron chi connectivity index (χ2n) is 7.36. The summed E-state index contributed by atoms with van der Waals surface area (Å²) < 4.78 is 4.05. The van der Waals surface area contributed by atoms with E-state index in [2.05, 4.69) is 61.1 Å². The van der Waals surface area contributed by atoms with Crippen LogP contribution < -0.4 is 4.84 Å². The van der Waals surface area contributed by atoms with E-state index in [4.69, 9.17) is 4.84 Å². The zero-order valence-electron chi connectivity index (χ0n) is 15.6. The van der Waals surface area contributed by atoms with Crippen LogP contribution in [0.15, 0.2) is 73.1 Å². The number of benzene rings is 2. The van der Waals surface area contributed by atoms with E-state index < -0.39 is 0 Å². The Kier molecular flexibility index (Phi) is 3.68. The van der Waals surface area contributed by atoms with Crippen LogP contribution in [0.1, 0.15) is 23.7 Å². The Morgan fingerprint density at radius 3 is 2.67 bits per heavy atom. The number of aryl methyl sites for hydroxylation is 1. The van der Waals surface area contributed by atoms with Crippen LogP contribution in [0.3, 0.4) is 0 Å². The zero-order valence-corrected chi connectivity index (χ0v) is 15.6. The van der Waals surface area contributed by atoms with Crippen molar-refractivity contribution in [1.29, 1.82) is 0 Å². The van der Waals surface area contributed by atoms with Gasteiger partial charge in [0.1, 0.15) is 0 Å². The molecule has 1 atom stereocenters. The third-order valence-electron chi connectivity index (χ3n) is 5.49. The summed E-state index contributed by atoms with van der Waals surface area (Å²) in [5.74, 6) is 1.32. The fourth-order valence-corrected chi connectivity index (χ4v) is 4.03. The van der Waals surface area contributed by atoms with Crippen molar-refractivity contribution in [1.82, 2.24) is 9.30 Å². The second-order valence-corrected chi connectivity index (χ2v) is 7.36. The summed E-state index contributed by atoms with van der Waals surface area (Å²) in [6.45, 7) is 2.30. The van der Waals surface area contributed by atoms with Crippen LogP contribution in [0.25, 0.3) is 22.6 Å². The van der Waals surface area contributed by atoms with E-state index >= 15 is 0 Å². The molecule has 5 rings (SSSR count). The lowest BCUT2D eigenvalue weighted by atomic mass is 9.84. The molecule has 134 valence electrons. The standard InChI is InChI=1S/C24H22N2O/c1-17-14-19-11-13-26(27-21-6-4-3-5-7-21)24(19)16-22(17)18-8-9-23-20(15-18)10-12-25(23)2/h3-13,15-17H,14H2,1-2H3. The van der Waals surface area contributed by atoms with Crippen LogP contribution in [0.5, 0.6) is 5.75 Å². The van der Waals surface area contributed by atoms with Crippen molar-refractivity contribution < 1.29 is 4.84 Å². The molecule has 3 heteroatoms. The van der Waals surface area contributed by atoms with Crippen LogP contribution in [-0.2, 0) is 13.5 Å². The van der Waals surface area contributed by atoms with Crippen molar-refractivity contribution in [2.75, 3.05) is 0 Å². The fraction of sp³-hybridized carbons (Fsp3) is 0.167. The SMILES string of the molecule is CC1Cc2ccn(Oc3ccccc3)c2C=C1c1ccc2c(ccn2C)c1. The van der Waals surface area contributed by atoms with Gasteiger partial charge in [-0.1, -0.05) is 31.2 Å². The Bertz CT molecular complexity index is 1150. The largest absolute Gasteiger partial charge is 0.375 e. The lowest BCUT2D eigenvalue weighted by Gasteiger charge is -2.23. The quantitative estimate of drug-likeness (QED) is 0.472. The molecule has 0 aliphatic heterocycles. The Morgan fingerprint density at radius 1 is 0.963 bits per heavy atom. The van der Waals surface area contributed by atoms with Gasteiger partial charge in [0, 0.05) is 30.3 Å². The maximum atomic E-state index is 6.08. The number of aromatic nitrogens is 2. The van der Waals surface area contributed by atoms with Crippen LogP contribution in [0.4, 0.5) is 0 Å². The molecule has 2 aromatic heterocycles. The number of nitrogens with zero attached hydrogens (tertiary/aromatic N) is 2. The van der Waals surface area contributed by atoms with Gasteiger partial charge in [0.2, 0.25) is 0 Å². The third kappa shape index (κ3) is 2.76. The van der Waals surface area contributed by atoms with Crippen molar-refractivity contribution in [3.63, 3.8) is 0 Å². The monoisotopic (exact) mass is 354 g/mol. The molecule has 1 unspecified atom stereocenters. The predicted octanol–water partition coefficient (Wildman–Crippen LogP) is 5.55. The lowest BCUT2D eigenvalue weighted by molar-refractivity contribution is 0.214. The molecule has 0 fully saturated rings. The van der Waals surface area contributed by atoms with Gasteiger partial charge in [0.25, 0.3) is 0 Å². The smallest absolute Gasteiger partial charge is 0.155 e. The maximum Gasteiger partial charge on any atom is 0.155 e. The fourth-order valence-electron chi connectivity index (χ4n) is 4.03. The molecule has 4 aromatic rings. The number of hydrogen-bond acceptors (Lipinski definition) is 1. The van der Waals surface area contributed by atoms with Crippen LogP contribution >= 0.6 is 0 Å². The summed E-state index contributed by atoms with van der Waals surface area (Å²) in [5, 5.41) is 1.28. The molecule has 2 aromatic carbocycles. The molecular formula is C24H22N2O. The summed E-state index contributed by atoms with van der Waals surface area (Å²) in [5.41, 5.74) is 6.39. The summed E-state index contributed by atoms with van der Waals surface area (Å²) in [6.07, 6.45) is 7.45. The Morgan fingerprint density at radius 2 is 1.81 bits per heavy atom. The highest BCUT2D eigenvalue weighted by Crippen LogP contribution is 2.36. The first-order valence-corrected chi connectivity index (χ1v) is 9.40. The number of fused-ring (bicyclic) bond motifs is 2. The van der Waals surface area contributed by atoms with Gasteiger partial charge in [-0.3, -0.25) is 0 Å². The van der Waals surface area contributed by atoms with Gasteiger partial charge in [-0.05, 0) is 71.5 Å². The summed E-state index contributed by atoms with van der Waals surface area (Å²) in [7, 11) is 2.09. The molecule has 0 N–H and O–H groups in total. The molecule has 0 radical (unpaired) electrons. The normalized spacial score (nSPS) is 16.2. The summed E-state index contributed by atoms with van der Waals surface area (Å²) in [4.78, 5) is 6.08. The lowest BCUT2D eigenvalue weighted by Crippen LogP contribution is -2.13. The highest BCUT2D eigenvalue weighted by molar-refractivity contribution is 5.90. The molecule has 0 saturated heterocycles. The van der Waals surface area contributed by atoms with Crippen molar-refractivity contribution in [2.45, 2.75) is 13.3 Å². The molecule has 0 amide bonds. The van der Waals surface area contributed by atoms with E-state index in [1.807, 2.05) is 41.3 Å². The van der Waals surface area contributed by atoms with Gasteiger partial charge in [0.15, 0.2) is 5.75 Å². The van der Waals surface area contributed by atoms with Gasteiger partial charge in [-0.15, -0.1) is 0 Å². The molecular weight excluding hydrogens is 332 g/mol. The highest BCUT2D eigenvalue weighted by Gasteiger charge is 2.22. The Hall–Kier alpha value is -3.20. The van der Waals surface area contributed by atoms with E-state index in [0.29, 0.717) is 5.92 Å². The average Bonchev–Trinajstić information content (AvgIpc) is 3.25. The molecule has 27 heavy (non-hydrogen) atoms. The van der Waals surface area contributed by atoms with E-state index in [0.717, 1.165) is 17.9 Å². The first-order valence-electron chi connectivity index (χ1n) is 9.40. The van der Waals surface area contributed by atoms with Crippen molar-refractivity contribution in [2.24, 2.45) is 13.0 Å². The van der Waals surface area contributed by atoms with Crippen LogP contribution in [0.2, 0.25) is 0 Å². The number of allylic oxidation sites excluding steroid dienone is 1. The topological polar surface area (TPSA) is 19.1 Å². The molecule has 1 aliphatic rings.